The van der Waals surface area contributed by atoms with E-state index in [1.165, 1.54) is 19.1 Å². The molecule has 12 nitrogen and oxygen atoms in total. The predicted molar refractivity (Wildman–Crippen MR) is 124 cm³/mol. The van der Waals surface area contributed by atoms with Gasteiger partial charge in [0.25, 0.3) is 0 Å². The zero-order chi connectivity index (χ0) is 27.5. The molecular formula is C20H29F3N4O8S. The van der Waals surface area contributed by atoms with Crippen molar-refractivity contribution in [3.8, 4) is 0 Å². The van der Waals surface area contributed by atoms with Gasteiger partial charge in [-0.15, -0.1) is 0 Å². The lowest BCUT2D eigenvalue weighted by molar-refractivity contribution is -0.192. The van der Waals surface area contributed by atoms with E-state index in [0.29, 0.717) is 51.6 Å². The first-order chi connectivity index (χ1) is 16.7. The van der Waals surface area contributed by atoms with Gasteiger partial charge >= 0.3 is 18.1 Å². The molecule has 36 heavy (non-hydrogen) atoms. The third-order valence-corrected chi connectivity index (χ3v) is 6.15. The zero-order valence-corrected chi connectivity index (χ0v) is 20.5. The second-order valence-corrected chi connectivity index (χ2v) is 9.46. The number of piperazine rings is 1. The van der Waals surface area contributed by atoms with Crippen LogP contribution in [0.15, 0.2) is 18.2 Å². The maximum absolute atomic E-state index is 11.9. The molecule has 0 spiro atoms. The van der Waals surface area contributed by atoms with Crippen molar-refractivity contribution in [1.29, 1.82) is 0 Å². The highest BCUT2D eigenvalue weighted by molar-refractivity contribution is 7.92. The quantitative estimate of drug-likeness (QED) is 0.309. The number of methoxy groups -OCH3 is 1. The van der Waals surface area contributed by atoms with Gasteiger partial charge in [0.2, 0.25) is 15.9 Å². The third kappa shape index (κ3) is 10.7. The minimum Gasteiger partial charge on any atom is -0.478 e. The van der Waals surface area contributed by atoms with E-state index >= 15 is 0 Å². The summed E-state index contributed by atoms with van der Waals surface area (Å²) in [6.45, 7) is 5.30. The number of aliphatic carboxylic acids is 1. The molecule has 204 valence electrons. The Labute approximate surface area is 206 Å². The van der Waals surface area contributed by atoms with Crippen LogP contribution >= 0.6 is 0 Å². The van der Waals surface area contributed by atoms with Crippen LogP contribution in [0.25, 0.3) is 0 Å². The van der Waals surface area contributed by atoms with Crippen LogP contribution in [0.5, 0.6) is 0 Å². The fourth-order valence-electron chi connectivity index (χ4n) is 2.95. The predicted octanol–water partition coefficient (Wildman–Crippen LogP) is 0.664. The number of hydrogen-bond acceptors (Lipinski definition) is 8. The van der Waals surface area contributed by atoms with E-state index in [0.717, 1.165) is 0 Å². The molecule has 1 heterocycles. The number of benzene rings is 1. The van der Waals surface area contributed by atoms with Gasteiger partial charge in [-0.3, -0.25) is 14.4 Å². The molecule has 1 fully saturated rings. The van der Waals surface area contributed by atoms with E-state index in [1.54, 1.807) is 13.2 Å². The Bertz CT molecular complexity index is 1010. The van der Waals surface area contributed by atoms with Gasteiger partial charge in [0, 0.05) is 45.5 Å². The molecule has 1 aromatic rings. The standard InChI is InChI=1S/C18H28N4O6S.C2HF3O2/c1-3-29(26,27)20-16-5-4-14(12-15(16)18(24)25)22-9-7-21(8-10-22)13-17(23)19-6-11-28-2;3-2(4,5)1(6)7/h4-5,12,20H,3,6-11,13H2,1-2H3,(H,19,23)(H,24,25);(H,6,7). The van der Waals surface area contributed by atoms with Crippen molar-refractivity contribution in [2.75, 3.05) is 68.4 Å². The molecule has 1 aliphatic heterocycles. The van der Waals surface area contributed by atoms with Crippen molar-refractivity contribution in [1.82, 2.24) is 10.2 Å². The molecule has 0 aromatic heterocycles. The Morgan fingerprint density at radius 2 is 1.69 bits per heavy atom. The summed E-state index contributed by atoms with van der Waals surface area (Å²) in [4.78, 5) is 36.4. The molecule has 0 aliphatic carbocycles. The summed E-state index contributed by atoms with van der Waals surface area (Å²) in [7, 11) is -2.00. The number of amides is 1. The first kappa shape index (κ1) is 30.9. The summed E-state index contributed by atoms with van der Waals surface area (Å²) in [5, 5.41) is 19.4. The molecule has 0 atom stereocenters. The number of anilines is 2. The Hall–Kier alpha value is -3.11. The second-order valence-electron chi connectivity index (χ2n) is 7.45. The molecule has 1 amide bonds. The van der Waals surface area contributed by atoms with Crippen molar-refractivity contribution < 1.29 is 50.9 Å². The molecule has 0 unspecified atom stereocenters. The van der Waals surface area contributed by atoms with E-state index in [2.05, 4.69) is 10.0 Å². The van der Waals surface area contributed by atoms with Crippen LogP contribution in [0.4, 0.5) is 24.5 Å². The minimum atomic E-state index is -5.08. The lowest BCUT2D eigenvalue weighted by Gasteiger charge is -2.36. The van der Waals surface area contributed by atoms with Gasteiger partial charge in [-0.05, 0) is 25.1 Å². The Kier molecular flexibility index (Phi) is 11.9. The molecule has 2 rings (SSSR count). The molecular weight excluding hydrogens is 513 g/mol. The van der Waals surface area contributed by atoms with Crippen molar-refractivity contribution in [3.05, 3.63) is 23.8 Å². The highest BCUT2D eigenvalue weighted by Crippen LogP contribution is 2.25. The fraction of sp³-hybridized carbons (Fsp3) is 0.550. The number of carboxylic acid groups (broad SMARTS) is 2. The van der Waals surface area contributed by atoms with E-state index in [9.17, 15) is 36.3 Å². The van der Waals surface area contributed by atoms with Crippen LogP contribution in [0.1, 0.15) is 17.3 Å². The number of carboxylic acids is 2. The summed E-state index contributed by atoms with van der Waals surface area (Å²) in [6, 6.07) is 4.65. The number of rotatable bonds is 10. The van der Waals surface area contributed by atoms with Crippen LogP contribution in [-0.4, -0.2) is 106 Å². The summed E-state index contributed by atoms with van der Waals surface area (Å²) in [6.07, 6.45) is -5.08. The van der Waals surface area contributed by atoms with Gasteiger partial charge in [-0.1, -0.05) is 0 Å². The number of alkyl halides is 3. The minimum absolute atomic E-state index is 0.0504. The molecule has 0 bridgehead atoms. The number of sulfonamides is 1. The lowest BCUT2D eigenvalue weighted by atomic mass is 10.1. The molecule has 1 saturated heterocycles. The van der Waals surface area contributed by atoms with Crippen LogP contribution in [-0.2, 0) is 24.3 Å². The lowest BCUT2D eigenvalue weighted by Crippen LogP contribution is -2.49. The summed E-state index contributed by atoms with van der Waals surface area (Å²) in [5.74, 6) is -4.16. The van der Waals surface area contributed by atoms with Gasteiger partial charge in [-0.25, -0.2) is 18.0 Å². The number of halogens is 3. The Balaban J connectivity index is 0.000000809. The van der Waals surface area contributed by atoms with Gasteiger partial charge < -0.3 is 25.2 Å². The molecule has 0 saturated carbocycles. The number of ether oxygens (including phenoxy) is 1. The van der Waals surface area contributed by atoms with Crippen molar-refractivity contribution in [2.45, 2.75) is 13.1 Å². The molecule has 0 radical (unpaired) electrons. The summed E-state index contributed by atoms with van der Waals surface area (Å²) < 4.78 is 62.5. The van der Waals surface area contributed by atoms with Crippen molar-refractivity contribution >= 4 is 39.2 Å². The molecule has 16 heteroatoms. The number of nitrogens with zero attached hydrogens (tertiary/aromatic N) is 2. The largest absolute Gasteiger partial charge is 0.490 e. The zero-order valence-electron chi connectivity index (χ0n) is 19.7. The van der Waals surface area contributed by atoms with Gasteiger partial charge in [0.1, 0.15) is 0 Å². The Morgan fingerprint density at radius 3 is 2.17 bits per heavy atom. The van der Waals surface area contributed by atoms with Crippen LogP contribution < -0.4 is 14.9 Å². The van der Waals surface area contributed by atoms with Crippen molar-refractivity contribution in [3.63, 3.8) is 0 Å². The number of carbonyl (C=O) groups is 3. The summed E-state index contributed by atoms with van der Waals surface area (Å²) in [5.41, 5.74) is 0.653. The normalized spacial score (nSPS) is 14.4. The maximum Gasteiger partial charge on any atom is 0.490 e. The van der Waals surface area contributed by atoms with E-state index in [1.807, 2.05) is 9.80 Å². The highest BCUT2D eigenvalue weighted by atomic mass is 32.2. The molecule has 1 aliphatic rings. The van der Waals surface area contributed by atoms with Crippen LogP contribution in [0.3, 0.4) is 0 Å². The Morgan fingerprint density at radius 1 is 1.11 bits per heavy atom. The smallest absolute Gasteiger partial charge is 0.478 e. The van der Waals surface area contributed by atoms with Gasteiger partial charge in [0.05, 0.1) is 30.2 Å². The monoisotopic (exact) mass is 542 g/mol. The average molecular weight is 543 g/mol. The van der Waals surface area contributed by atoms with E-state index < -0.39 is 28.1 Å². The number of aromatic carboxylic acids is 1. The summed E-state index contributed by atoms with van der Waals surface area (Å²) >= 11 is 0. The van der Waals surface area contributed by atoms with Gasteiger partial charge in [-0.2, -0.15) is 13.2 Å². The van der Waals surface area contributed by atoms with E-state index in [4.69, 9.17) is 14.6 Å². The SMILES string of the molecule is CCS(=O)(=O)Nc1ccc(N2CCN(CC(=O)NCCOC)CC2)cc1C(=O)O.O=C(O)C(F)(F)F. The second kappa shape index (κ2) is 13.8. The van der Waals surface area contributed by atoms with Gasteiger partial charge in [0.15, 0.2) is 0 Å². The molecule has 1 aromatic carbocycles. The first-order valence-electron chi connectivity index (χ1n) is 10.6. The van der Waals surface area contributed by atoms with Crippen molar-refractivity contribution in [2.24, 2.45) is 0 Å². The average Bonchev–Trinajstić information content (AvgIpc) is 2.79. The fourth-order valence-corrected chi connectivity index (χ4v) is 3.61. The van der Waals surface area contributed by atoms with E-state index in [-0.39, 0.29) is 22.9 Å². The number of hydrogen-bond donors (Lipinski definition) is 4. The topological polar surface area (TPSA) is 166 Å². The number of carbonyl (C=O) groups excluding carboxylic acids is 1. The van der Waals surface area contributed by atoms with Crippen LogP contribution in [0.2, 0.25) is 0 Å². The number of nitrogens with one attached hydrogen (secondary N) is 2. The highest BCUT2D eigenvalue weighted by Gasteiger charge is 2.38. The maximum atomic E-state index is 11.9. The molecule has 4 N–H and O–H groups in total. The first-order valence-corrected chi connectivity index (χ1v) is 12.3. The third-order valence-electron chi connectivity index (χ3n) is 4.85. The van der Waals surface area contributed by atoms with Crippen LogP contribution in [0, 0.1) is 0 Å².